The lowest BCUT2D eigenvalue weighted by Gasteiger charge is -2.47. The number of ether oxygens (including phenoxy) is 2. The van der Waals surface area contributed by atoms with Gasteiger partial charge in [0.25, 0.3) is 0 Å². The van der Waals surface area contributed by atoms with E-state index in [1.165, 1.54) is 0 Å². The second-order valence-electron chi connectivity index (χ2n) is 5.15. The molecule has 0 radical (unpaired) electrons. The fraction of sp³-hybridized carbons (Fsp3) is 0.562. The lowest BCUT2D eigenvalue weighted by Crippen LogP contribution is -2.47. The van der Waals surface area contributed by atoms with Crippen molar-refractivity contribution >= 4 is 5.78 Å². The number of rotatable bonds is 5. The van der Waals surface area contributed by atoms with E-state index >= 15 is 0 Å². The molecule has 1 aliphatic rings. The molecule has 0 heterocycles. The number of carbonyl (C=O) groups excluding carboxylic acids is 1. The van der Waals surface area contributed by atoms with Crippen LogP contribution in [0.1, 0.15) is 44.6 Å². The third-order valence-electron chi connectivity index (χ3n) is 4.69. The molecule has 1 aliphatic carbocycles. The van der Waals surface area contributed by atoms with E-state index in [9.17, 15) is 4.79 Å². The number of methoxy groups -OCH3 is 2. The van der Waals surface area contributed by atoms with E-state index in [0.29, 0.717) is 12.2 Å². The Morgan fingerprint density at radius 2 is 1.89 bits per heavy atom. The first kappa shape index (κ1) is 13.9. The van der Waals surface area contributed by atoms with E-state index in [4.69, 9.17) is 9.47 Å². The summed E-state index contributed by atoms with van der Waals surface area (Å²) in [7, 11) is 3.33. The van der Waals surface area contributed by atoms with Gasteiger partial charge in [-0.05, 0) is 31.0 Å². The highest BCUT2D eigenvalue weighted by molar-refractivity contribution is 5.93. The molecular weight excluding hydrogens is 240 g/mol. The molecule has 0 amide bonds. The fourth-order valence-electron chi connectivity index (χ4n) is 3.30. The van der Waals surface area contributed by atoms with Crippen molar-refractivity contribution in [1.29, 1.82) is 0 Å². The zero-order valence-electron chi connectivity index (χ0n) is 12.2. The van der Waals surface area contributed by atoms with Crippen molar-refractivity contribution in [1.82, 2.24) is 0 Å². The Morgan fingerprint density at radius 3 is 2.37 bits per heavy atom. The topological polar surface area (TPSA) is 35.5 Å². The Morgan fingerprint density at radius 1 is 1.21 bits per heavy atom. The molecule has 1 atom stereocenters. The smallest absolute Gasteiger partial charge is 0.140 e. The van der Waals surface area contributed by atoms with E-state index in [0.717, 1.165) is 29.9 Å². The average molecular weight is 262 g/mol. The van der Waals surface area contributed by atoms with Crippen LogP contribution in [0.2, 0.25) is 0 Å². The Balaban J connectivity index is 2.44. The SMILES string of the molecule is CCC1(CC)C(=O)CC1c1cc(OC)ccc1OC. The summed E-state index contributed by atoms with van der Waals surface area (Å²) in [5.74, 6) is 2.30. The molecule has 104 valence electrons. The zero-order chi connectivity index (χ0) is 14.0. The highest BCUT2D eigenvalue weighted by atomic mass is 16.5. The lowest BCUT2D eigenvalue weighted by atomic mass is 9.54. The molecule has 1 aromatic rings. The van der Waals surface area contributed by atoms with E-state index in [-0.39, 0.29) is 11.3 Å². The summed E-state index contributed by atoms with van der Waals surface area (Å²) in [5, 5.41) is 0. The Kier molecular flexibility index (Phi) is 3.83. The second-order valence-corrected chi connectivity index (χ2v) is 5.15. The minimum atomic E-state index is -0.209. The third-order valence-corrected chi connectivity index (χ3v) is 4.69. The van der Waals surface area contributed by atoms with Crippen molar-refractivity contribution in [3.05, 3.63) is 23.8 Å². The number of ketones is 1. The highest BCUT2D eigenvalue weighted by Crippen LogP contribution is 2.56. The molecule has 2 rings (SSSR count). The quantitative estimate of drug-likeness (QED) is 0.813. The lowest BCUT2D eigenvalue weighted by molar-refractivity contribution is -0.141. The van der Waals surface area contributed by atoms with Crippen molar-refractivity contribution in [3.63, 3.8) is 0 Å². The van der Waals surface area contributed by atoms with Crippen LogP contribution in [0.5, 0.6) is 11.5 Å². The van der Waals surface area contributed by atoms with Crippen LogP contribution in [-0.2, 0) is 4.79 Å². The third kappa shape index (κ3) is 2.01. The predicted octanol–water partition coefficient (Wildman–Crippen LogP) is 3.57. The summed E-state index contributed by atoms with van der Waals surface area (Å²) in [6.45, 7) is 4.19. The Bertz CT molecular complexity index is 475. The summed E-state index contributed by atoms with van der Waals surface area (Å²) in [6, 6.07) is 5.82. The van der Waals surface area contributed by atoms with Crippen molar-refractivity contribution in [2.24, 2.45) is 5.41 Å². The van der Waals surface area contributed by atoms with Crippen LogP contribution >= 0.6 is 0 Å². The maximum Gasteiger partial charge on any atom is 0.140 e. The van der Waals surface area contributed by atoms with Crippen LogP contribution in [0.15, 0.2) is 18.2 Å². The fourth-order valence-corrected chi connectivity index (χ4v) is 3.30. The van der Waals surface area contributed by atoms with Gasteiger partial charge in [-0.15, -0.1) is 0 Å². The molecule has 3 nitrogen and oxygen atoms in total. The van der Waals surface area contributed by atoms with Crippen LogP contribution in [0.25, 0.3) is 0 Å². The molecule has 0 aliphatic heterocycles. The molecular formula is C16H22O3. The van der Waals surface area contributed by atoms with Gasteiger partial charge in [-0.3, -0.25) is 4.79 Å². The zero-order valence-corrected chi connectivity index (χ0v) is 12.2. The summed E-state index contributed by atoms with van der Waals surface area (Å²) in [6.07, 6.45) is 2.38. The van der Waals surface area contributed by atoms with Gasteiger partial charge in [0.2, 0.25) is 0 Å². The number of Topliss-reactive ketones (excluding diaryl/α,β-unsaturated/α-hetero) is 1. The molecule has 1 fully saturated rings. The van der Waals surface area contributed by atoms with Crippen molar-refractivity contribution < 1.29 is 14.3 Å². The van der Waals surface area contributed by atoms with Gasteiger partial charge in [-0.2, -0.15) is 0 Å². The predicted molar refractivity (Wildman–Crippen MR) is 74.9 cm³/mol. The van der Waals surface area contributed by atoms with Crippen LogP contribution in [-0.4, -0.2) is 20.0 Å². The average Bonchev–Trinajstić information content (AvgIpc) is 2.45. The monoisotopic (exact) mass is 262 g/mol. The molecule has 0 bridgehead atoms. The number of hydrogen-bond acceptors (Lipinski definition) is 3. The van der Waals surface area contributed by atoms with E-state index < -0.39 is 0 Å². The number of benzene rings is 1. The first-order valence-corrected chi connectivity index (χ1v) is 6.88. The van der Waals surface area contributed by atoms with Gasteiger partial charge in [0.1, 0.15) is 17.3 Å². The van der Waals surface area contributed by atoms with Crippen LogP contribution in [0.4, 0.5) is 0 Å². The van der Waals surface area contributed by atoms with Gasteiger partial charge in [-0.1, -0.05) is 13.8 Å². The second kappa shape index (κ2) is 5.24. The van der Waals surface area contributed by atoms with E-state index in [1.807, 2.05) is 18.2 Å². The molecule has 0 aromatic heterocycles. The summed E-state index contributed by atoms with van der Waals surface area (Å²) < 4.78 is 10.7. The van der Waals surface area contributed by atoms with Crippen LogP contribution < -0.4 is 9.47 Å². The van der Waals surface area contributed by atoms with Gasteiger partial charge in [-0.25, -0.2) is 0 Å². The van der Waals surface area contributed by atoms with Gasteiger partial charge in [0.05, 0.1) is 14.2 Å². The highest BCUT2D eigenvalue weighted by Gasteiger charge is 2.53. The molecule has 3 heteroatoms. The Hall–Kier alpha value is -1.51. The van der Waals surface area contributed by atoms with Crippen molar-refractivity contribution in [3.8, 4) is 11.5 Å². The van der Waals surface area contributed by atoms with Gasteiger partial charge < -0.3 is 9.47 Å². The molecule has 0 saturated heterocycles. The Labute approximate surface area is 114 Å². The molecule has 19 heavy (non-hydrogen) atoms. The van der Waals surface area contributed by atoms with E-state index in [2.05, 4.69) is 13.8 Å². The van der Waals surface area contributed by atoms with E-state index in [1.54, 1.807) is 14.2 Å². The first-order chi connectivity index (χ1) is 9.12. The minimum absolute atomic E-state index is 0.209. The van der Waals surface area contributed by atoms with Crippen LogP contribution in [0.3, 0.4) is 0 Å². The number of carbonyl (C=O) groups is 1. The normalized spacial score (nSPS) is 20.8. The molecule has 1 saturated carbocycles. The van der Waals surface area contributed by atoms with Crippen molar-refractivity contribution in [2.75, 3.05) is 14.2 Å². The molecule has 1 aromatic carbocycles. The van der Waals surface area contributed by atoms with Crippen molar-refractivity contribution in [2.45, 2.75) is 39.0 Å². The molecule has 0 N–H and O–H groups in total. The minimum Gasteiger partial charge on any atom is -0.497 e. The summed E-state index contributed by atoms with van der Waals surface area (Å²) in [4.78, 5) is 12.1. The van der Waals surface area contributed by atoms with Crippen LogP contribution in [0, 0.1) is 5.41 Å². The summed E-state index contributed by atoms with van der Waals surface area (Å²) >= 11 is 0. The maximum atomic E-state index is 12.1. The molecule has 0 spiro atoms. The number of hydrogen-bond donors (Lipinski definition) is 0. The largest absolute Gasteiger partial charge is 0.497 e. The standard InChI is InChI=1S/C16H22O3/c1-5-16(6-2)13(10-15(16)17)12-9-11(18-3)7-8-14(12)19-4/h7-9,13H,5-6,10H2,1-4H3. The summed E-state index contributed by atoms with van der Waals surface area (Å²) in [5.41, 5.74) is 0.893. The molecule has 1 unspecified atom stereocenters. The maximum absolute atomic E-state index is 12.1. The van der Waals surface area contributed by atoms with Gasteiger partial charge in [0, 0.05) is 23.3 Å². The van der Waals surface area contributed by atoms with Gasteiger partial charge >= 0.3 is 0 Å². The first-order valence-electron chi connectivity index (χ1n) is 6.88. The van der Waals surface area contributed by atoms with Gasteiger partial charge in [0.15, 0.2) is 0 Å².